The number of aromatic hydroxyl groups is 1. The third-order valence-electron chi connectivity index (χ3n) is 4.71. The van der Waals surface area contributed by atoms with E-state index >= 15 is 0 Å². The molecule has 0 amide bonds. The Balaban J connectivity index is 2.89. The number of carbonyl (C=O) groups is 2. The molecule has 0 saturated carbocycles. The Morgan fingerprint density at radius 1 is 1.14 bits per heavy atom. The summed E-state index contributed by atoms with van der Waals surface area (Å²) in [6, 6.07) is 4.85. The van der Waals surface area contributed by atoms with Gasteiger partial charge in [0.05, 0.1) is 0 Å². The molecule has 0 heterocycles. The summed E-state index contributed by atoms with van der Waals surface area (Å²) in [5.41, 5.74) is 0.939. The number of phenols is 1. The molecule has 0 spiro atoms. The lowest BCUT2D eigenvalue weighted by Gasteiger charge is -2.23. The largest absolute Gasteiger partial charge is 0.542 e. The standard InChI is InChI=1S/C21H33O6Si/c1-5-7-9-18(10-8-6-2)28(4)27-17-11-12-19(23)16(13-17)14-20(21(24)25)26-15(3)22/h11-13,18,20,23H,5-10,14H2,1-4H3,(H,24,25). The molecule has 28 heavy (non-hydrogen) atoms. The number of hydrogen-bond donors (Lipinski definition) is 2. The van der Waals surface area contributed by atoms with E-state index < -0.39 is 27.1 Å². The highest BCUT2D eigenvalue weighted by Gasteiger charge is 2.25. The molecule has 7 heteroatoms. The number of aliphatic carboxylic acids is 1. The van der Waals surface area contributed by atoms with Crippen molar-refractivity contribution in [3.05, 3.63) is 23.8 Å². The average Bonchev–Trinajstić information content (AvgIpc) is 2.63. The third kappa shape index (κ3) is 8.33. The number of carboxylic acids is 1. The topological polar surface area (TPSA) is 93.1 Å². The van der Waals surface area contributed by atoms with Crippen molar-refractivity contribution in [3.8, 4) is 11.5 Å². The van der Waals surface area contributed by atoms with Gasteiger partial charge in [0.1, 0.15) is 11.5 Å². The van der Waals surface area contributed by atoms with E-state index in [4.69, 9.17) is 9.16 Å². The van der Waals surface area contributed by atoms with Gasteiger partial charge in [0, 0.05) is 18.9 Å². The minimum absolute atomic E-state index is 0.0378. The van der Waals surface area contributed by atoms with Gasteiger partial charge in [0.25, 0.3) is 9.04 Å². The quantitative estimate of drug-likeness (QED) is 0.362. The van der Waals surface area contributed by atoms with E-state index in [2.05, 4.69) is 20.4 Å². The molecule has 2 N–H and O–H groups in total. The molecule has 1 aromatic rings. The Labute approximate surface area is 169 Å². The molecular formula is C21H33O6Si. The van der Waals surface area contributed by atoms with Gasteiger partial charge in [-0.15, -0.1) is 0 Å². The van der Waals surface area contributed by atoms with Gasteiger partial charge < -0.3 is 19.4 Å². The van der Waals surface area contributed by atoms with Gasteiger partial charge in [-0.25, -0.2) is 4.79 Å². The number of rotatable bonds is 13. The second-order valence-electron chi connectivity index (χ2n) is 7.13. The van der Waals surface area contributed by atoms with E-state index in [0.717, 1.165) is 32.6 Å². The van der Waals surface area contributed by atoms with Crippen LogP contribution in [0.2, 0.25) is 12.1 Å². The molecular weight excluding hydrogens is 376 g/mol. The van der Waals surface area contributed by atoms with Crippen molar-refractivity contribution in [3.63, 3.8) is 0 Å². The Morgan fingerprint density at radius 3 is 2.25 bits per heavy atom. The summed E-state index contributed by atoms with van der Waals surface area (Å²) in [4.78, 5) is 22.4. The predicted octanol–water partition coefficient (Wildman–Crippen LogP) is 4.70. The molecule has 1 radical (unpaired) electrons. The fraction of sp³-hybridized carbons (Fsp3) is 0.619. The minimum Gasteiger partial charge on any atom is -0.542 e. The third-order valence-corrected chi connectivity index (χ3v) is 6.99. The van der Waals surface area contributed by atoms with E-state index in [1.807, 2.05) is 0 Å². The number of carbonyl (C=O) groups excluding carboxylic acids is 1. The first-order valence-corrected chi connectivity index (χ1v) is 12.0. The van der Waals surface area contributed by atoms with Gasteiger partial charge in [-0.1, -0.05) is 39.5 Å². The maximum absolute atomic E-state index is 11.3. The van der Waals surface area contributed by atoms with E-state index in [-0.39, 0.29) is 12.2 Å². The first kappa shape index (κ1) is 24.0. The predicted molar refractivity (Wildman–Crippen MR) is 110 cm³/mol. The molecule has 0 aromatic heterocycles. The maximum atomic E-state index is 11.3. The van der Waals surface area contributed by atoms with Crippen LogP contribution in [0, 0.1) is 0 Å². The fourth-order valence-corrected chi connectivity index (χ4v) is 4.98. The number of ether oxygens (including phenoxy) is 1. The molecule has 0 bridgehead atoms. The summed E-state index contributed by atoms with van der Waals surface area (Å²) in [5.74, 6) is -1.34. The van der Waals surface area contributed by atoms with Crippen molar-refractivity contribution >= 4 is 21.0 Å². The Hall–Kier alpha value is -2.02. The van der Waals surface area contributed by atoms with Crippen LogP contribution in [0.25, 0.3) is 0 Å². The molecule has 0 aliphatic carbocycles. The van der Waals surface area contributed by atoms with Crippen molar-refractivity contribution in [1.82, 2.24) is 0 Å². The monoisotopic (exact) mass is 409 g/mol. The van der Waals surface area contributed by atoms with Crippen LogP contribution >= 0.6 is 0 Å². The van der Waals surface area contributed by atoms with Gasteiger partial charge in [-0.05, 0) is 43.1 Å². The lowest BCUT2D eigenvalue weighted by atomic mass is 10.1. The molecule has 0 fully saturated rings. The fourth-order valence-electron chi connectivity index (χ4n) is 3.09. The van der Waals surface area contributed by atoms with Crippen LogP contribution in [-0.2, 0) is 20.7 Å². The van der Waals surface area contributed by atoms with Gasteiger partial charge in [-0.3, -0.25) is 4.79 Å². The van der Waals surface area contributed by atoms with E-state index in [1.165, 1.54) is 18.9 Å². The number of esters is 1. The Morgan fingerprint density at radius 2 is 1.75 bits per heavy atom. The molecule has 157 valence electrons. The smallest absolute Gasteiger partial charge is 0.345 e. The highest BCUT2D eigenvalue weighted by atomic mass is 28.3. The van der Waals surface area contributed by atoms with Crippen LogP contribution < -0.4 is 4.43 Å². The summed E-state index contributed by atoms with van der Waals surface area (Å²) in [6.45, 7) is 7.70. The van der Waals surface area contributed by atoms with Crippen molar-refractivity contribution < 1.29 is 29.0 Å². The zero-order valence-corrected chi connectivity index (χ0v) is 18.4. The second-order valence-corrected chi connectivity index (χ2v) is 9.37. The van der Waals surface area contributed by atoms with Crippen molar-refractivity contribution in [2.24, 2.45) is 0 Å². The summed E-state index contributed by atoms with van der Waals surface area (Å²) in [7, 11) is -1.10. The Bertz CT molecular complexity index is 625. The van der Waals surface area contributed by atoms with Crippen LogP contribution in [0.1, 0.15) is 64.9 Å². The number of hydrogen-bond acceptors (Lipinski definition) is 5. The number of benzene rings is 1. The zero-order valence-electron chi connectivity index (χ0n) is 17.4. The normalized spacial score (nSPS) is 12.2. The van der Waals surface area contributed by atoms with Gasteiger partial charge in [-0.2, -0.15) is 0 Å². The molecule has 1 atom stereocenters. The van der Waals surface area contributed by atoms with Gasteiger partial charge in [0.15, 0.2) is 0 Å². The van der Waals surface area contributed by atoms with Crippen LogP contribution in [0.4, 0.5) is 0 Å². The zero-order chi connectivity index (χ0) is 21.1. The highest BCUT2D eigenvalue weighted by Crippen LogP contribution is 2.30. The average molecular weight is 410 g/mol. The number of carboxylic acid groups (broad SMARTS) is 1. The van der Waals surface area contributed by atoms with Gasteiger partial charge in [0.2, 0.25) is 6.10 Å². The molecule has 0 saturated heterocycles. The summed E-state index contributed by atoms with van der Waals surface area (Å²) in [5, 5.41) is 19.3. The van der Waals surface area contributed by atoms with E-state index in [0.29, 0.717) is 16.9 Å². The highest BCUT2D eigenvalue weighted by molar-refractivity contribution is 6.52. The van der Waals surface area contributed by atoms with Gasteiger partial charge >= 0.3 is 11.9 Å². The SMILES string of the molecule is CCCCC(CCCC)[Si](C)Oc1ccc(O)c(CC(OC(C)=O)C(=O)O)c1. The second kappa shape index (κ2) is 12.4. The molecule has 0 aliphatic rings. The van der Waals surface area contributed by atoms with Crippen LogP contribution in [0.3, 0.4) is 0 Å². The van der Waals surface area contributed by atoms with E-state index in [9.17, 15) is 19.8 Å². The Kier molecular flexibility index (Phi) is 10.7. The molecule has 1 aromatic carbocycles. The molecule has 1 rings (SSSR count). The summed E-state index contributed by atoms with van der Waals surface area (Å²) < 4.78 is 11.1. The number of unbranched alkanes of at least 4 members (excludes halogenated alkanes) is 2. The van der Waals surface area contributed by atoms with Crippen LogP contribution in [0.5, 0.6) is 11.5 Å². The molecule has 6 nitrogen and oxygen atoms in total. The van der Waals surface area contributed by atoms with Crippen LogP contribution in [0.15, 0.2) is 18.2 Å². The first-order chi connectivity index (χ1) is 13.3. The number of phenolic OH excluding ortho intramolecular Hbond substituents is 1. The minimum atomic E-state index is -1.34. The molecule has 0 aliphatic heterocycles. The van der Waals surface area contributed by atoms with E-state index in [1.54, 1.807) is 12.1 Å². The summed E-state index contributed by atoms with van der Waals surface area (Å²) in [6.07, 6.45) is 5.54. The maximum Gasteiger partial charge on any atom is 0.345 e. The van der Waals surface area contributed by atoms with Crippen molar-refractivity contribution in [2.75, 3.05) is 0 Å². The lowest BCUT2D eigenvalue weighted by molar-refractivity contribution is -0.162. The van der Waals surface area contributed by atoms with Crippen molar-refractivity contribution in [1.29, 1.82) is 0 Å². The van der Waals surface area contributed by atoms with Crippen molar-refractivity contribution in [2.45, 2.75) is 83.9 Å². The molecule has 1 unspecified atom stereocenters. The lowest BCUT2D eigenvalue weighted by Crippen LogP contribution is -2.28. The summed E-state index contributed by atoms with van der Waals surface area (Å²) >= 11 is 0. The first-order valence-electron chi connectivity index (χ1n) is 10.0. The van der Waals surface area contributed by atoms with Crippen LogP contribution in [-0.4, -0.2) is 37.3 Å².